The van der Waals surface area contributed by atoms with E-state index < -0.39 is 11.7 Å². The van der Waals surface area contributed by atoms with Gasteiger partial charge in [0.1, 0.15) is 19.6 Å². The highest BCUT2D eigenvalue weighted by Gasteiger charge is 2.30. The SMILES string of the molecule is CCCCCCCCc1noc(CCc2ccc(C[N+](CC)Cc3ccc(C(F)(F)F)cc3)cc2)n1. The van der Waals surface area contributed by atoms with Crippen molar-refractivity contribution in [2.45, 2.75) is 90.9 Å². The molecule has 0 N–H and O–H groups in total. The largest absolute Gasteiger partial charge is 0.416 e. The molecule has 1 heterocycles. The minimum absolute atomic E-state index is 0.606. The minimum atomic E-state index is -4.30. The molecule has 3 aromatic rings. The van der Waals surface area contributed by atoms with Crippen molar-refractivity contribution in [3.63, 3.8) is 0 Å². The molecule has 0 unspecified atom stereocenters. The summed E-state index contributed by atoms with van der Waals surface area (Å²) in [5.74, 6) is 1.50. The molecule has 0 atom stereocenters. The molecule has 0 saturated carbocycles. The third-order valence-electron chi connectivity index (χ3n) is 6.46. The molecule has 0 aliphatic heterocycles. The van der Waals surface area contributed by atoms with Crippen LogP contribution in [0, 0.1) is 0 Å². The van der Waals surface area contributed by atoms with Gasteiger partial charge in [-0.25, -0.2) is 0 Å². The lowest BCUT2D eigenvalue weighted by Gasteiger charge is -2.12. The van der Waals surface area contributed by atoms with Crippen LogP contribution in [0.3, 0.4) is 0 Å². The first kappa shape index (κ1) is 27.9. The Morgan fingerprint density at radius 2 is 1.31 bits per heavy atom. The summed E-state index contributed by atoms with van der Waals surface area (Å²) in [6.07, 6.45) is 5.62. The van der Waals surface area contributed by atoms with E-state index in [9.17, 15) is 13.2 Å². The predicted molar refractivity (Wildman–Crippen MR) is 137 cm³/mol. The molecule has 0 saturated heterocycles. The van der Waals surface area contributed by atoms with Gasteiger partial charge < -0.3 is 4.52 Å². The fraction of sp³-hybridized carbons (Fsp3) is 0.517. The maximum Gasteiger partial charge on any atom is 0.416 e. The second-order valence-electron chi connectivity index (χ2n) is 9.44. The van der Waals surface area contributed by atoms with Crippen molar-refractivity contribution < 1.29 is 17.7 Å². The van der Waals surface area contributed by atoms with Crippen LogP contribution >= 0.6 is 0 Å². The quantitative estimate of drug-likeness (QED) is 0.159. The van der Waals surface area contributed by atoms with Crippen molar-refractivity contribution in [2.24, 2.45) is 0 Å². The Bertz CT molecular complexity index is 1010. The van der Waals surface area contributed by atoms with E-state index in [1.54, 1.807) is 12.1 Å². The fourth-order valence-electron chi connectivity index (χ4n) is 4.21. The molecule has 0 spiro atoms. The highest BCUT2D eigenvalue weighted by molar-refractivity contribution is 5.26. The van der Waals surface area contributed by atoms with E-state index in [1.807, 2.05) is 0 Å². The Morgan fingerprint density at radius 1 is 0.722 bits per heavy atom. The van der Waals surface area contributed by atoms with Gasteiger partial charge in [-0.1, -0.05) is 80.6 Å². The fourth-order valence-corrected chi connectivity index (χ4v) is 4.21. The summed E-state index contributed by atoms with van der Waals surface area (Å²) in [6.45, 7) is 6.44. The second kappa shape index (κ2) is 14.2. The van der Waals surface area contributed by atoms with Crippen LogP contribution in [0.4, 0.5) is 13.2 Å². The van der Waals surface area contributed by atoms with Crippen LogP contribution in [0.25, 0.3) is 0 Å². The smallest absolute Gasteiger partial charge is 0.339 e. The molecule has 0 fully saturated rings. The van der Waals surface area contributed by atoms with Crippen molar-refractivity contribution in [3.8, 4) is 0 Å². The molecule has 0 aliphatic carbocycles. The summed E-state index contributed by atoms with van der Waals surface area (Å²) < 4.78 is 43.8. The minimum Gasteiger partial charge on any atom is -0.339 e. The van der Waals surface area contributed by atoms with Crippen LogP contribution in [-0.4, -0.2) is 16.7 Å². The number of halogens is 3. The van der Waals surface area contributed by atoms with Crippen molar-refractivity contribution in [2.75, 3.05) is 6.54 Å². The number of unbranched alkanes of at least 4 members (excludes halogenated alkanes) is 5. The van der Waals surface area contributed by atoms with Crippen LogP contribution in [0.15, 0.2) is 53.1 Å². The number of hydrogen-bond donors (Lipinski definition) is 0. The van der Waals surface area contributed by atoms with Gasteiger partial charge in [-0.15, -0.1) is 0 Å². The zero-order valence-corrected chi connectivity index (χ0v) is 21.5. The zero-order chi connectivity index (χ0) is 25.8. The van der Waals surface area contributed by atoms with E-state index in [0.717, 1.165) is 62.3 Å². The number of alkyl halides is 3. The lowest BCUT2D eigenvalue weighted by atomic mass is 10.1. The van der Waals surface area contributed by atoms with Gasteiger partial charge in [0.2, 0.25) is 5.89 Å². The average Bonchev–Trinajstić information content (AvgIpc) is 3.33. The Hall–Kier alpha value is -2.67. The van der Waals surface area contributed by atoms with Crippen LogP contribution in [0.1, 0.15) is 86.3 Å². The molecule has 3 rings (SSSR count). The van der Waals surface area contributed by atoms with E-state index in [1.165, 1.54) is 43.2 Å². The number of hydrogen-bond acceptors (Lipinski definition) is 4. The van der Waals surface area contributed by atoms with Gasteiger partial charge >= 0.3 is 6.18 Å². The standard InChI is InChI=1S/C29H38F3N3O/c1-3-5-6-7-8-9-10-27-33-28(36-34-27)20-17-23-11-13-24(14-12-23)21-35(4-2)22-25-15-18-26(19-16-25)29(30,31)32/h11-16,18-19H,3-10,17,20-22H2,1-2H3/q+1. The molecule has 7 heteroatoms. The molecule has 36 heavy (non-hydrogen) atoms. The van der Waals surface area contributed by atoms with Crippen molar-refractivity contribution >= 4 is 0 Å². The van der Waals surface area contributed by atoms with Gasteiger partial charge in [-0.2, -0.15) is 23.1 Å². The van der Waals surface area contributed by atoms with Crippen LogP contribution in [-0.2, 0) is 38.5 Å². The van der Waals surface area contributed by atoms with Gasteiger partial charge in [0.15, 0.2) is 5.82 Å². The lowest BCUT2D eigenvalue weighted by molar-refractivity contribution is -0.137. The maximum atomic E-state index is 12.8. The van der Waals surface area contributed by atoms with Gasteiger partial charge in [-0.05, 0) is 37.5 Å². The van der Waals surface area contributed by atoms with Gasteiger partial charge in [0.25, 0.3) is 0 Å². The monoisotopic (exact) mass is 501 g/mol. The highest BCUT2D eigenvalue weighted by Crippen LogP contribution is 2.29. The lowest BCUT2D eigenvalue weighted by Crippen LogP contribution is -2.28. The summed E-state index contributed by atoms with van der Waals surface area (Å²) in [6, 6.07) is 13.9. The Labute approximate surface area is 212 Å². The molecule has 2 aromatic carbocycles. The first-order valence-electron chi connectivity index (χ1n) is 13.1. The zero-order valence-electron chi connectivity index (χ0n) is 21.5. The Balaban J connectivity index is 1.42. The topological polar surface area (TPSA) is 44.8 Å². The van der Waals surface area contributed by atoms with Crippen molar-refractivity contribution in [1.29, 1.82) is 0 Å². The molecule has 4 nitrogen and oxygen atoms in total. The molecule has 1 aromatic heterocycles. The van der Waals surface area contributed by atoms with Crippen LogP contribution in [0.5, 0.6) is 0 Å². The first-order chi connectivity index (χ1) is 17.4. The van der Waals surface area contributed by atoms with Gasteiger partial charge in [0.05, 0.1) is 5.56 Å². The van der Waals surface area contributed by atoms with E-state index in [2.05, 4.69) is 53.2 Å². The van der Waals surface area contributed by atoms with E-state index in [-0.39, 0.29) is 0 Å². The molecular formula is C29H38F3N3O+. The number of aryl methyl sites for hydroxylation is 3. The van der Waals surface area contributed by atoms with Gasteiger partial charge in [0, 0.05) is 24.0 Å². The predicted octanol–water partition coefficient (Wildman–Crippen LogP) is 7.64. The summed E-state index contributed by atoms with van der Waals surface area (Å²) in [7, 11) is 0. The maximum absolute atomic E-state index is 12.8. The summed E-state index contributed by atoms with van der Waals surface area (Å²) in [5, 5.41) is 4.12. The van der Waals surface area contributed by atoms with E-state index in [4.69, 9.17) is 4.52 Å². The Morgan fingerprint density at radius 3 is 1.92 bits per heavy atom. The molecule has 0 aliphatic rings. The number of nitrogens with zero attached hydrogens (tertiary/aromatic N) is 3. The molecular weight excluding hydrogens is 463 g/mol. The third-order valence-corrected chi connectivity index (χ3v) is 6.46. The number of rotatable bonds is 15. The molecule has 0 bridgehead atoms. The first-order valence-corrected chi connectivity index (χ1v) is 13.1. The summed E-state index contributed by atoms with van der Waals surface area (Å²) in [5.41, 5.74) is 2.64. The average molecular weight is 502 g/mol. The molecule has 1 radical (unpaired) electrons. The number of benzene rings is 2. The Kier molecular flexibility index (Phi) is 11.0. The van der Waals surface area contributed by atoms with Crippen molar-refractivity contribution in [3.05, 3.63) is 82.5 Å². The van der Waals surface area contributed by atoms with Crippen LogP contribution in [0.2, 0.25) is 0 Å². The highest BCUT2D eigenvalue weighted by atomic mass is 19.4. The molecule has 195 valence electrons. The third kappa shape index (κ3) is 9.41. The normalized spacial score (nSPS) is 11.9. The second-order valence-corrected chi connectivity index (χ2v) is 9.44. The van der Waals surface area contributed by atoms with E-state index in [0.29, 0.717) is 12.4 Å². The summed E-state index contributed by atoms with van der Waals surface area (Å²) >= 11 is 0. The molecule has 0 amide bonds. The number of aromatic nitrogens is 2. The van der Waals surface area contributed by atoms with Crippen molar-refractivity contribution in [1.82, 2.24) is 15.0 Å². The van der Waals surface area contributed by atoms with E-state index >= 15 is 0 Å². The van der Waals surface area contributed by atoms with Crippen LogP contribution < -0.4 is 4.90 Å². The summed E-state index contributed by atoms with van der Waals surface area (Å²) in [4.78, 5) is 6.75. The van der Waals surface area contributed by atoms with Gasteiger partial charge in [-0.3, -0.25) is 0 Å².